The Balaban J connectivity index is 1.95. The van der Waals surface area contributed by atoms with Crippen molar-refractivity contribution in [1.29, 1.82) is 0 Å². The largest absolute Gasteiger partial charge is 0.497 e. The first-order valence-corrected chi connectivity index (χ1v) is 6.21. The maximum absolute atomic E-state index is 11.6. The molecule has 20 heavy (non-hydrogen) atoms. The summed E-state index contributed by atoms with van der Waals surface area (Å²) in [6, 6.07) is 13.6. The summed E-state index contributed by atoms with van der Waals surface area (Å²) in [5, 5.41) is 4.21. The number of oxime groups is 1. The Hall–Kier alpha value is -2.33. The molecule has 102 valence electrons. The second kappa shape index (κ2) is 6.73. The second-order valence-corrected chi connectivity index (χ2v) is 4.33. The van der Waals surface area contributed by atoms with E-state index in [4.69, 9.17) is 21.2 Å². The lowest BCUT2D eigenvalue weighted by atomic mass is 10.2. The third-order valence-electron chi connectivity index (χ3n) is 2.53. The van der Waals surface area contributed by atoms with Crippen LogP contribution in [0.1, 0.15) is 15.9 Å². The first kappa shape index (κ1) is 14.1. The predicted octanol–water partition coefficient (Wildman–Crippen LogP) is 3.54. The minimum absolute atomic E-state index is 0.390. The molecule has 0 aliphatic carbocycles. The molecule has 5 heteroatoms. The van der Waals surface area contributed by atoms with Crippen LogP contribution in [0, 0.1) is 0 Å². The van der Waals surface area contributed by atoms with Gasteiger partial charge in [0.1, 0.15) is 5.75 Å². The molecule has 0 unspecified atom stereocenters. The molecule has 0 saturated carbocycles. The van der Waals surface area contributed by atoms with Crippen LogP contribution >= 0.6 is 11.6 Å². The maximum atomic E-state index is 11.6. The van der Waals surface area contributed by atoms with Crippen molar-refractivity contribution in [3.05, 3.63) is 64.7 Å². The van der Waals surface area contributed by atoms with Gasteiger partial charge in [-0.2, -0.15) is 0 Å². The van der Waals surface area contributed by atoms with Crippen LogP contribution in [0.25, 0.3) is 0 Å². The molecule has 0 heterocycles. The molecule has 0 aromatic heterocycles. The molecule has 0 aliphatic rings. The minimum Gasteiger partial charge on any atom is -0.497 e. The Morgan fingerprint density at radius 1 is 1.10 bits per heavy atom. The van der Waals surface area contributed by atoms with Crippen molar-refractivity contribution >= 4 is 23.8 Å². The van der Waals surface area contributed by atoms with Gasteiger partial charge >= 0.3 is 5.97 Å². The predicted molar refractivity (Wildman–Crippen MR) is 77.5 cm³/mol. The molecule has 0 atom stereocenters. The van der Waals surface area contributed by atoms with Crippen LogP contribution in [-0.4, -0.2) is 19.3 Å². The average Bonchev–Trinajstić information content (AvgIpc) is 2.48. The van der Waals surface area contributed by atoms with Crippen LogP contribution in [0.2, 0.25) is 5.02 Å². The van der Waals surface area contributed by atoms with E-state index < -0.39 is 5.97 Å². The Kier molecular flexibility index (Phi) is 4.74. The fourth-order valence-electron chi connectivity index (χ4n) is 1.46. The number of hydrogen-bond donors (Lipinski definition) is 0. The molecule has 0 saturated heterocycles. The van der Waals surface area contributed by atoms with Crippen molar-refractivity contribution in [3.8, 4) is 5.75 Å². The average molecular weight is 290 g/mol. The Labute approximate surface area is 121 Å². The summed E-state index contributed by atoms with van der Waals surface area (Å²) in [5.74, 6) is 0.215. The number of rotatable bonds is 4. The second-order valence-electron chi connectivity index (χ2n) is 3.89. The fourth-order valence-corrected chi connectivity index (χ4v) is 1.59. The number of ether oxygens (including phenoxy) is 1. The highest BCUT2D eigenvalue weighted by atomic mass is 35.5. The summed E-state index contributed by atoms with van der Waals surface area (Å²) in [6.45, 7) is 0. The van der Waals surface area contributed by atoms with Gasteiger partial charge in [0.25, 0.3) is 0 Å². The van der Waals surface area contributed by atoms with E-state index in [2.05, 4.69) is 5.16 Å². The number of hydrogen-bond acceptors (Lipinski definition) is 4. The number of halogens is 1. The van der Waals surface area contributed by atoms with Crippen LogP contribution in [0.5, 0.6) is 5.75 Å². The lowest BCUT2D eigenvalue weighted by molar-refractivity contribution is 0.0519. The van der Waals surface area contributed by atoms with Gasteiger partial charge in [-0.25, -0.2) is 4.79 Å². The van der Waals surface area contributed by atoms with Crippen LogP contribution in [-0.2, 0) is 4.84 Å². The first-order valence-electron chi connectivity index (χ1n) is 5.83. The molecule has 0 fully saturated rings. The number of benzene rings is 2. The molecular weight excluding hydrogens is 278 g/mol. The van der Waals surface area contributed by atoms with Crippen molar-refractivity contribution in [2.24, 2.45) is 5.16 Å². The van der Waals surface area contributed by atoms with Crippen molar-refractivity contribution in [3.63, 3.8) is 0 Å². The molecule has 0 N–H and O–H groups in total. The first-order chi connectivity index (χ1) is 9.69. The lowest BCUT2D eigenvalue weighted by Gasteiger charge is -1.99. The monoisotopic (exact) mass is 289 g/mol. The molecule has 2 aromatic rings. The molecule has 2 aromatic carbocycles. The third kappa shape index (κ3) is 3.83. The summed E-state index contributed by atoms with van der Waals surface area (Å²) < 4.78 is 5.04. The van der Waals surface area contributed by atoms with Crippen molar-refractivity contribution < 1.29 is 14.4 Å². The summed E-state index contributed by atoms with van der Waals surface area (Å²) >= 11 is 5.73. The summed E-state index contributed by atoms with van der Waals surface area (Å²) in [4.78, 5) is 16.4. The molecule has 2 rings (SSSR count). The normalized spacial score (nSPS) is 10.5. The molecular formula is C15H12ClNO3. The van der Waals surface area contributed by atoms with E-state index in [-0.39, 0.29) is 0 Å². The van der Waals surface area contributed by atoms with Gasteiger partial charge in [-0.3, -0.25) is 0 Å². The summed E-state index contributed by atoms with van der Waals surface area (Å²) in [6.07, 6.45) is 1.45. The van der Waals surface area contributed by atoms with Crippen LogP contribution in [0.3, 0.4) is 0 Å². The van der Waals surface area contributed by atoms with E-state index in [0.717, 1.165) is 11.3 Å². The van der Waals surface area contributed by atoms with Crippen LogP contribution in [0.4, 0.5) is 0 Å². The zero-order valence-corrected chi connectivity index (χ0v) is 11.5. The molecule has 0 aliphatic heterocycles. The smallest absolute Gasteiger partial charge is 0.365 e. The van der Waals surface area contributed by atoms with Gasteiger partial charge in [-0.15, -0.1) is 0 Å². The number of carbonyl (C=O) groups is 1. The van der Waals surface area contributed by atoms with Gasteiger partial charge < -0.3 is 9.57 Å². The van der Waals surface area contributed by atoms with Gasteiger partial charge in [0, 0.05) is 5.02 Å². The zero-order chi connectivity index (χ0) is 14.4. The highest BCUT2D eigenvalue weighted by Crippen LogP contribution is 2.11. The zero-order valence-electron chi connectivity index (χ0n) is 10.7. The summed E-state index contributed by atoms with van der Waals surface area (Å²) in [5.41, 5.74) is 1.19. The van der Waals surface area contributed by atoms with Gasteiger partial charge in [0.2, 0.25) is 0 Å². The number of nitrogens with zero attached hydrogens (tertiary/aromatic N) is 1. The maximum Gasteiger partial charge on any atom is 0.365 e. The Morgan fingerprint density at radius 3 is 2.35 bits per heavy atom. The van der Waals surface area contributed by atoms with Gasteiger partial charge in [-0.05, 0) is 54.1 Å². The standard InChI is InChI=1S/C15H12ClNO3/c1-19-14-8-2-11(3-9-14)10-17-20-15(18)12-4-6-13(16)7-5-12/h2-10H,1H3/b17-10+. The van der Waals surface area contributed by atoms with E-state index in [9.17, 15) is 4.79 Å². The SMILES string of the molecule is COc1ccc(/C=N/OC(=O)c2ccc(Cl)cc2)cc1. The highest BCUT2D eigenvalue weighted by molar-refractivity contribution is 6.30. The molecule has 0 bridgehead atoms. The van der Waals surface area contributed by atoms with E-state index in [1.165, 1.54) is 6.21 Å². The third-order valence-corrected chi connectivity index (χ3v) is 2.79. The van der Waals surface area contributed by atoms with Crippen LogP contribution in [0.15, 0.2) is 53.7 Å². The fraction of sp³-hybridized carbons (Fsp3) is 0.0667. The van der Waals surface area contributed by atoms with E-state index in [1.807, 2.05) is 0 Å². The molecule has 4 nitrogen and oxygen atoms in total. The molecule has 0 spiro atoms. The quantitative estimate of drug-likeness (QED) is 0.491. The summed E-state index contributed by atoms with van der Waals surface area (Å²) in [7, 11) is 1.59. The highest BCUT2D eigenvalue weighted by Gasteiger charge is 2.05. The number of methoxy groups -OCH3 is 1. The Morgan fingerprint density at radius 2 is 1.75 bits per heavy atom. The number of carbonyl (C=O) groups excluding carboxylic acids is 1. The van der Waals surface area contributed by atoms with E-state index >= 15 is 0 Å². The molecule has 0 amide bonds. The van der Waals surface area contributed by atoms with Crippen molar-refractivity contribution in [2.75, 3.05) is 7.11 Å². The van der Waals surface area contributed by atoms with Gasteiger partial charge in [-0.1, -0.05) is 16.8 Å². The van der Waals surface area contributed by atoms with Gasteiger partial charge in [0.15, 0.2) is 0 Å². The Bertz CT molecular complexity index is 606. The molecule has 0 radical (unpaired) electrons. The van der Waals surface area contributed by atoms with E-state index in [1.54, 1.807) is 55.6 Å². The lowest BCUT2D eigenvalue weighted by Crippen LogP contribution is -2.00. The van der Waals surface area contributed by atoms with Gasteiger partial charge in [0.05, 0.1) is 18.9 Å². The van der Waals surface area contributed by atoms with Crippen molar-refractivity contribution in [1.82, 2.24) is 0 Å². The topological polar surface area (TPSA) is 47.9 Å². The van der Waals surface area contributed by atoms with Crippen LogP contribution < -0.4 is 4.74 Å². The minimum atomic E-state index is -0.536. The van der Waals surface area contributed by atoms with Crippen molar-refractivity contribution in [2.45, 2.75) is 0 Å². The van der Waals surface area contributed by atoms with E-state index in [0.29, 0.717) is 10.6 Å².